The van der Waals surface area contributed by atoms with Crippen molar-refractivity contribution in [3.63, 3.8) is 0 Å². The van der Waals surface area contributed by atoms with Crippen molar-refractivity contribution in [2.75, 3.05) is 5.73 Å². The van der Waals surface area contributed by atoms with Crippen molar-refractivity contribution < 1.29 is 12.8 Å². The van der Waals surface area contributed by atoms with E-state index in [1.807, 2.05) is 20.8 Å². The van der Waals surface area contributed by atoms with Gasteiger partial charge in [0.1, 0.15) is 11.1 Å². The maximum absolute atomic E-state index is 15.8. The minimum absolute atomic E-state index is 0.0217. The van der Waals surface area contributed by atoms with Gasteiger partial charge in [-0.05, 0) is 18.1 Å². The molecule has 31 heavy (non-hydrogen) atoms. The van der Waals surface area contributed by atoms with E-state index < -0.39 is 27.0 Å². The fourth-order valence-electron chi connectivity index (χ4n) is 3.37. The molecule has 0 aliphatic carbocycles. The molecule has 0 fully saturated rings. The second kappa shape index (κ2) is 8.25. The van der Waals surface area contributed by atoms with Crippen LogP contribution in [0.4, 0.5) is 10.3 Å². The molecule has 2 heterocycles. The Bertz CT molecular complexity index is 1220. The Balaban J connectivity index is 2.30. The van der Waals surface area contributed by atoms with Crippen molar-refractivity contribution in [2.24, 2.45) is 11.1 Å². The van der Waals surface area contributed by atoms with Gasteiger partial charge in [0, 0.05) is 22.7 Å². The van der Waals surface area contributed by atoms with E-state index in [1.54, 1.807) is 32.0 Å². The SMILES string of the molecule is CC(C)C(c1cccc(-c2nc(C(C)(C)C)sc2-c2ccnc(N)n2)c1F)S(N)(=O)=O. The predicted molar refractivity (Wildman–Crippen MR) is 122 cm³/mol. The molecule has 2 aromatic heterocycles. The third-order valence-corrected chi connectivity index (χ3v) is 7.74. The highest BCUT2D eigenvalue weighted by Crippen LogP contribution is 2.42. The maximum Gasteiger partial charge on any atom is 0.220 e. The largest absolute Gasteiger partial charge is 0.368 e. The molecule has 0 saturated heterocycles. The van der Waals surface area contributed by atoms with Crippen LogP contribution in [0.1, 0.15) is 50.4 Å². The summed E-state index contributed by atoms with van der Waals surface area (Å²) in [7, 11) is -4.02. The Morgan fingerprint density at radius 2 is 1.81 bits per heavy atom. The zero-order valence-electron chi connectivity index (χ0n) is 18.0. The Kier molecular flexibility index (Phi) is 6.18. The van der Waals surface area contributed by atoms with Gasteiger partial charge in [0.15, 0.2) is 0 Å². The number of aromatic nitrogens is 3. The fourth-order valence-corrected chi connectivity index (χ4v) is 5.77. The number of benzene rings is 1. The van der Waals surface area contributed by atoms with Crippen LogP contribution in [0.25, 0.3) is 21.8 Å². The van der Waals surface area contributed by atoms with E-state index in [2.05, 4.69) is 9.97 Å². The van der Waals surface area contributed by atoms with Crippen LogP contribution in [0.2, 0.25) is 0 Å². The minimum atomic E-state index is -4.02. The van der Waals surface area contributed by atoms with Crippen LogP contribution in [-0.4, -0.2) is 23.4 Å². The number of halogens is 1. The number of thiazole rings is 1. The third-order valence-electron chi connectivity index (χ3n) is 4.73. The van der Waals surface area contributed by atoms with Gasteiger partial charge in [-0.25, -0.2) is 32.9 Å². The summed E-state index contributed by atoms with van der Waals surface area (Å²) in [5.41, 5.74) is 6.58. The lowest BCUT2D eigenvalue weighted by atomic mass is 9.97. The first-order valence-electron chi connectivity index (χ1n) is 9.71. The van der Waals surface area contributed by atoms with Gasteiger partial charge < -0.3 is 5.73 Å². The second-order valence-corrected chi connectivity index (χ2v) is 11.4. The molecule has 0 bridgehead atoms. The van der Waals surface area contributed by atoms with Gasteiger partial charge >= 0.3 is 0 Å². The van der Waals surface area contributed by atoms with Crippen molar-refractivity contribution in [3.05, 3.63) is 46.9 Å². The minimum Gasteiger partial charge on any atom is -0.368 e. The summed E-state index contributed by atoms with van der Waals surface area (Å²) in [4.78, 5) is 13.6. The Morgan fingerprint density at radius 1 is 1.13 bits per heavy atom. The summed E-state index contributed by atoms with van der Waals surface area (Å²) < 4.78 is 40.2. The van der Waals surface area contributed by atoms with Gasteiger partial charge in [-0.3, -0.25) is 0 Å². The normalized spacial score (nSPS) is 13.5. The van der Waals surface area contributed by atoms with Gasteiger partial charge in [-0.2, -0.15) is 0 Å². The molecule has 0 saturated carbocycles. The van der Waals surface area contributed by atoms with Gasteiger partial charge in [0.2, 0.25) is 16.0 Å². The zero-order chi connectivity index (χ0) is 23.1. The monoisotopic (exact) mass is 463 g/mol. The van der Waals surface area contributed by atoms with E-state index in [9.17, 15) is 8.42 Å². The molecule has 10 heteroatoms. The smallest absolute Gasteiger partial charge is 0.220 e. The van der Waals surface area contributed by atoms with E-state index in [0.717, 1.165) is 5.01 Å². The van der Waals surface area contributed by atoms with Crippen LogP contribution < -0.4 is 10.9 Å². The Morgan fingerprint density at radius 3 is 2.35 bits per heavy atom. The van der Waals surface area contributed by atoms with E-state index in [1.165, 1.54) is 23.6 Å². The first kappa shape index (κ1) is 23.2. The quantitative estimate of drug-likeness (QED) is 0.582. The van der Waals surface area contributed by atoms with Gasteiger partial charge in [0.25, 0.3) is 0 Å². The van der Waals surface area contributed by atoms with Crippen molar-refractivity contribution >= 4 is 27.3 Å². The van der Waals surface area contributed by atoms with Gasteiger partial charge in [-0.15, -0.1) is 11.3 Å². The molecule has 1 atom stereocenters. The highest BCUT2D eigenvalue weighted by molar-refractivity contribution is 7.89. The van der Waals surface area contributed by atoms with Crippen LogP contribution in [0.15, 0.2) is 30.5 Å². The average molecular weight is 464 g/mol. The Labute approximate surface area is 185 Å². The number of hydrogen-bond acceptors (Lipinski definition) is 7. The summed E-state index contributed by atoms with van der Waals surface area (Å²) in [6.07, 6.45) is 1.53. The molecule has 0 aliphatic heterocycles. The highest BCUT2D eigenvalue weighted by atomic mass is 32.2. The number of sulfonamides is 1. The van der Waals surface area contributed by atoms with Gasteiger partial charge in [0.05, 0.1) is 21.3 Å². The molecule has 0 amide bonds. The van der Waals surface area contributed by atoms with Gasteiger partial charge in [-0.1, -0.05) is 46.8 Å². The van der Waals surface area contributed by atoms with E-state index in [4.69, 9.17) is 15.9 Å². The summed E-state index contributed by atoms with van der Waals surface area (Å²) in [5, 5.41) is 5.04. The molecular weight excluding hydrogens is 437 g/mol. The number of hydrogen-bond donors (Lipinski definition) is 2. The number of rotatable bonds is 5. The lowest BCUT2D eigenvalue weighted by molar-refractivity contribution is 0.522. The lowest BCUT2D eigenvalue weighted by Gasteiger charge is -2.20. The summed E-state index contributed by atoms with van der Waals surface area (Å²) in [6.45, 7) is 9.41. The average Bonchev–Trinajstić information content (AvgIpc) is 3.07. The van der Waals surface area contributed by atoms with Crippen molar-refractivity contribution in [1.82, 2.24) is 15.0 Å². The molecule has 0 spiro atoms. The van der Waals surface area contributed by atoms with Crippen molar-refractivity contribution in [2.45, 2.75) is 45.3 Å². The first-order valence-corrected chi connectivity index (χ1v) is 12.1. The highest BCUT2D eigenvalue weighted by Gasteiger charge is 2.32. The molecule has 4 N–H and O–H groups in total. The maximum atomic E-state index is 15.8. The van der Waals surface area contributed by atoms with E-state index in [-0.39, 0.29) is 22.5 Å². The first-order chi connectivity index (χ1) is 14.3. The van der Waals surface area contributed by atoms with Crippen LogP contribution in [0.5, 0.6) is 0 Å². The molecule has 7 nitrogen and oxygen atoms in total. The molecule has 3 rings (SSSR count). The van der Waals surface area contributed by atoms with E-state index in [0.29, 0.717) is 16.3 Å². The topological polar surface area (TPSA) is 125 Å². The fraction of sp³-hybridized carbons (Fsp3) is 0.381. The summed E-state index contributed by atoms with van der Waals surface area (Å²) in [5.74, 6) is -0.983. The van der Waals surface area contributed by atoms with Crippen LogP contribution in [-0.2, 0) is 15.4 Å². The number of nitrogen functional groups attached to an aromatic ring is 1. The number of nitrogens with zero attached hydrogens (tertiary/aromatic N) is 3. The van der Waals surface area contributed by atoms with Crippen LogP contribution >= 0.6 is 11.3 Å². The molecule has 0 aliphatic rings. The molecule has 3 aromatic rings. The zero-order valence-corrected chi connectivity index (χ0v) is 19.7. The number of primary sulfonamides is 1. The third kappa shape index (κ3) is 4.76. The van der Waals surface area contributed by atoms with E-state index >= 15 is 4.39 Å². The standard InChI is InChI=1S/C21H26FN5O2S2/c1-11(2)18(31(24,28)29)13-8-6-7-12(15(13)22)16-17(14-9-10-25-20(23)26-14)30-19(27-16)21(3,4)5/h6-11,18H,1-5H3,(H2,23,25,26)(H2,24,28,29). The van der Waals surface area contributed by atoms with Crippen molar-refractivity contribution in [3.8, 4) is 21.8 Å². The molecular formula is C21H26FN5O2S2. The Hall–Kier alpha value is -2.43. The summed E-state index contributed by atoms with van der Waals surface area (Å²) >= 11 is 1.39. The van der Waals surface area contributed by atoms with Crippen LogP contribution in [0.3, 0.4) is 0 Å². The second-order valence-electron chi connectivity index (χ2n) is 8.71. The molecule has 1 unspecified atom stereocenters. The van der Waals surface area contributed by atoms with Crippen molar-refractivity contribution in [1.29, 1.82) is 0 Å². The predicted octanol–water partition coefficient (Wildman–Crippen LogP) is 4.27. The number of nitrogens with two attached hydrogens (primary N) is 2. The molecule has 1 aromatic carbocycles. The lowest BCUT2D eigenvalue weighted by Crippen LogP contribution is -2.26. The summed E-state index contributed by atoms with van der Waals surface area (Å²) in [6, 6.07) is 6.33. The molecule has 0 radical (unpaired) electrons. The van der Waals surface area contributed by atoms with Crippen LogP contribution in [0, 0.1) is 11.7 Å². The molecule has 166 valence electrons. The number of anilines is 1.